The molecule has 0 radical (unpaired) electrons. The lowest BCUT2D eigenvalue weighted by atomic mass is 10.2. The van der Waals surface area contributed by atoms with E-state index in [2.05, 4.69) is 5.32 Å². The highest BCUT2D eigenvalue weighted by Crippen LogP contribution is 2.31. The summed E-state index contributed by atoms with van der Waals surface area (Å²) in [5.74, 6) is 0.602. The predicted octanol–water partition coefficient (Wildman–Crippen LogP) is 3.13. The molecule has 1 amide bonds. The van der Waals surface area contributed by atoms with Crippen LogP contribution in [0.15, 0.2) is 47.4 Å². The van der Waals surface area contributed by atoms with E-state index in [1.807, 2.05) is 0 Å². The lowest BCUT2D eigenvalue weighted by Crippen LogP contribution is -2.28. The Balaban J connectivity index is 1.88. The highest BCUT2D eigenvalue weighted by atomic mass is 32.2. The van der Waals surface area contributed by atoms with Crippen molar-refractivity contribution in [1.82, 2.24) is 4.31 Å². The Morgan fingerprint density at radius 3 is 2.39 bits per heavy atom. The normalized spacial score (nSPS) is 14.6. The number of amides is 1. The van der Waals surface area contributed by atoms with Crippen molar-refractivity contribution in [2.45, 2.75) is 24.7 Å². The second kappa shape index (κ2) is 8.62. The van der Waals surface area contributed by atoms with E-state index < -0.39 is 10.0 Å². The number of methoxy groups -OCH3 is 1. The van der Waals surface area contributed by atoms with Crippen LogP contribution in [0.25, 0.3) is 0 Å². The molecule has 0 spiro atoms. The number of anilines is 1. The molecular formula is C20H24N2O5S. The fourth-order valence-corrected chi connectivity index (χ4v) is 4.75. The molecule has 150 valence electrons. The minimum atomic E-state index is -3.68. The first-order valence-corrected chi connectivity index (χ1v) is 10.6. The molecular weight excluding hydrogens is 380 g/mol. The molecule has 0 atom stereocenters. The molecule has 0 aromatic heterocycles. The average Bonchev–Trinajstić information content (AvgIpc) is 3.25. The van der Waals surface area contributed by atoms with Crippen LogP contribution in [0, 0.1) is 0 Å². The Morgan fingerprint density at radius 2 is 1.79 bits per heavy atom. The number of carbonyl (C=O) groups is 1. The summed E-state index contributed by atoms with van der Waals surface area (Å²) >= 11 is 0. The van der Waals surface area contributed by atoms with Crippen LogP contribution in [0.3, 0.4) is 0 Å². The predicted molar refractivity (Wildman–Crippen MR) is 107 cm³/mol. The van der Waals surface area contributed by atoms with Crippen LogP contribution in [-0.4, -0.2) is 45.4 Å². The number of benzene rings is 2. The van der Waals surface area contributed by atoms with Crippen molar-refractivity contribution >= 4 is 21.6 Å². The Labute approximate surface area is 165 Å². The largest absolute Gasteiger partial charge is 0.497 e. The lowest BCUT2D eigenvalue weighted by Gasteiger charge is -2.19. The molecule has 0 saturated carbocycles. The summed E-state index contributed by atoms with van der Waals surface area (Å²) in [6.45, 7) is 3.14. The highest BCUT2D eigenvalue weighted by molar-refractivity contribution is 7.89. The molecule has 0 bridgehead atoms. The van der Waals surface area contributed by atoms with E-state index in [9.17, 15) is 13.2 Å². The van der Waals surface area contributed by atoms with Crippen LogP contribution >= 0.6 is 0 Å². The van der Waals surface area contributed by atoms with Crippen LogP contribution in [0.5, 0.6) is 11.5 Å². The monoisotopic (exact) mass is 404 g/mol. The Hall–Kier alpha value is -2.58. The van der Waals surface area contributed by atoms with Gasteiger partial charge in [-0.1, -0.05) is 0 Å². The van der Waals surface area contributed by atoms with Gasteiger partial charge in [0.15, 0.2) is 0 Å². The summed E-state index contributed by atoms with van der Waals surface area (Å²) in [6.07, 6.45) is 1.69. The first-order valence-electron chi connectivity index (χ1n) is 9.18. The maximum absolute atomic E-state index is 13.0. The molecule has 8 heteroatoms. The second-order valence-electron chi connectivity index (χ2n) is 6.39. The van der Waals surface area contributed by atoms with E-state index in [-0.39, 0.29) is 16.6 Å². The molecule has 0 aliphatic carbocycles. The smallest absolute Gasteiger partial charge is 0.255 e. The molecule has 7 nitrogen and oxygen atoms in total. The minimum absolute atomic E-state index is 0.0729. The van der Waals surface area contributed by atoms with Gasteiger partial charge in [0.1, 0.15) is 16.4 Å². The zero-order chi connectivity index (χ0) is 20.1. The van der Waals surface area contributed by atoms with E-state index in [1.165, 1.54) is 10.4 Å². The second-order valence-corrected chi connectivity index (χ2v) is 8.29. The number of hydrogen-bond acceptors (Lipinski definition) is 5. The molecule has 1 fully saturated rings. The Bertz CT molecular complexity index is 936. The van der Waals surface area contributed by atoms with Crippen molar-refractivity contribution in [3.8, 4) is 11.5 Å². The fourth-order valence-electron chi connectivity index (χ4n) is 3.08. The molecule has 28 heavy (non-hydrogen) atoms. The van der Waals surface area contributed by atoms with E-state index in [0.29, 0.717) is 36.7 Å². The van der Waals surface area contributed by atoms with Gasteiger partial charge in [0, 0.05) is 24.3 Å². The number of nitrogens with one attached hydrogen (secondary N) is 1. The topological polar surface area (TPSA) is 84.9 Å². The third-order valence-corrected chi connectivity index (χ3v) is 6.46. The number of hydrogen-bond donors (Lipinski definition) is 1. The zero-order valence-electron chi connectivity index (χ0n) is 16.0. The maximum atomic E-state index is 13.0. The summed E-state index contributed by atoms with van der Waals surface area (Å²) in [5, 5.41) is 2.75. The van der Waals surface area contributed by atoms with Gasteiger partial charge in [-0.05, 0) is 62.2 Å². The molecule has 1 aliphatic rings. The van der Waals surface area contributed by atoms with E-state index in [0.717, 1.165) is 12.8 Å². The first kappa shape index (κ1) is 20.2. The van der Waals surface area contributed by atoms with Crippen molar-refractivity contribution in [1.29, 1.82) is 0 Å². The molecule has 2 aromatic carbocycles. The van der Waals surface area contributed by atoms with Crippen molar-refractivity contribution in [3.63, 3.8) is 0 Å². The number of nitrogens with zero attached hydrogens (tertiary/aromatic N) is 1. The summed E-state index contributed by atoms with van der Waals surface area (Å²) < 4.78 is 38.1. The van der Waals surface area contributed by atoms with Gasteiger partial charge in [-0.25, -0.2) is 8.42 Å². The maximum Gasteiger partial charge on any atom is 0.255 e. The van der Waals surface area contributed by atoms with Crippen LogP contribution in [0.1, 0.15) is 30.1 Å². The van der Waals surface area contributed by atoms with Crippen molar-refractivity contribution in [2.24, 2.45) is 0 Å². The van der Waals surface area contributed by atoms with Gasteiger partial charge in [-0.15, -0.1) is 0 Å². The van der Waals surface area contributed by atoms with E-state index >= 15 is 0 Å². The third-order valence-electron chi connectivity index (χ3n) is 4.54. The van der Waals surface area contributed by atoms with Gasteiger partial charge >= 0.3 is 0 Å². The van der Waals surface area contributed by atoms with Crippen LogP contribution in [0.4, 0.5) is 5.69 Å². The SMILES string of the molecule is CCOc1ccc(NC(=O)c2ccc(OC)cc2)cc1S(=O)(=O)N1CCCC1. The van der Waals surface area contributed by atoms with E-state index in [1.54, 1.807) is 50.4 Å². The van der Waals surface area contributed by atoms with Gasteiger partial charge in [-0.2, -0.15) is 4.31 Å². The van der Waals surface area contributed by atoms with Gasteiger partial charge < -0.3 is 14.8 Å². The number of rotatable bonds is 7. The van der Waals surface area contributed by atoms with Crippen LogP contribution in [0.2, 0.25) is 0 Å². The average molecular weight is 404 g/mol. The highest BCUT2D eigenvalue weighted by Gasteiger charge is 2.30. The number of ether oxygens (including phenoxy) is 2. The van der Waals surface area contributed by atoms with Crippen molar-refractivity contribution in [2.75, 3.05) is 32.1 Å². The molecule has 0 unspecified atom stereocenters. The van der Waals surface area contributed by atoms with Crippen LogP contribution < -0.4 is 14.8 Å². The van der Waals surface area contributed by atoms with E-state index in [4.69, 9.17) is 9.47 Å². The molecule has 1 aliphatic heterocycles. The fraction of sp³-hybridized carbons (Fsp3) is 0.350. The Morgan fingerprint density at radius 1 is 1.11 bits per heavy atom. The van der Waals surface area contributed by atoms with Gasteiger partial charge in [-0.3, -0.25) is 4.79 Å². The zero-order valence-corrected chi connectivity index (χ0v) is 16.8. The quantitative estimate of drug-likeness (QED) is 0.766. The van der Waals surface area contributed by atoms with Crippen molar-refractivity contribution < 1.29 is 22.7 Å². The third kappa shape index (κ3) is 4.28. The van der Waals surface area contributed by atoms with Gasteiger partial charge in [0.25, 0.3) is 5.91 Å². The summed E-state index contributed by atoms with van der Waals surface area (Å²) in [4.78, 5) is 12.6. The summed E-state index contributed by atoms with van der Waals surface area (Å²) in [5.41, 5.74) is 0.834. The van der Waals surface area contributed by atoms with Gasteiger partial charge in [0.2, 0.25) is 10.0 Å². The number of sulfonamides is 1. The molecule has 1 saturated heterocycles. The molecule has 3 rings (SSSR count). The van der Waals surface area contributed by atoms with Gasteiger partial charge in [0.05, 0.1) is 13.7 Å². The molecule has 1 heterocycles. The lowest BCUT2D eigenvalue weighted by molar-refractivity contribution is 0.102. The van der Waals surface area contributed by atoms with Crippen LogP contribution in [-0.2, 0) is 10.0 Å². The summed E-state index contributed by atoms with van der Waals surface area (Å²) in [7, 11) is -2.13. The first-order chi connectivity index (χ1) is 13.5. The Kier molecular flexibility index (Phi) is 6.21. The number of carbonyl (C=O) groups excluding carboxylic acids is 1. The molecule has 1 N–H and O–H groups in total. The standard InChI is InChI=1S/C20H24N2O5S/c1-3-27-18-11-8-16(14-19(18)28(24,25)22-12-4-5-13-22)21-20(23)15-6-9-17(26-2)10-7-15/h6-11,14H,3-5,12-13H2,1-2H3,(H,21,23). The minimum Gasteiger partial charge on any atom is -0.497 e. The van der Waals surface area contributed by atoms with Crippen molar-refractivity contribution in [3.05, 3.63) is 48.0 Å². The molecule has 2 aromatic rings. The summed E-state index contributed by atoms with van der Waals surface area (Å²) in [6, 6.07) is 11.3.